The fourth-order valence-electron chi connectivity index (χ4n) is 5.94. The van der Waals surface area contributed by atoms with E-state index in [9.17, 15) is 56.8 Å². The summed E-state index contributed by atoms with van der Waals surface area (Å²) in [4.78, 5) is 41.7. The Morgan fingerprint density at radius 2 is 0.938 bits per heavy atom. The van der Waals surface area contributed by atoms with Gasteiger partial charge in [-0.25, -0.2) is 51.6 Å². The molecule has 0 saturated carbocycles. The van der Waals surface area contributed by atoms with Crippen LogP contribution >= 0.6 is 0 Å². The fraction of sp³-hybridized carbons (Fsp3) is 0.250. The van der Waals surface area contributed by atoms with Crippen molar-refractivity contribution in [1.29, 1.82) is 0 Å². The van der Waals surface area contributed by atoms with Gasteiger partial charge < -0.3 is 5.11 Å². The first-order chi connectivity index (χ1) is 30.2. The van der Waals surface area contributed by atoms with E-state index in [1.54, 1.807) is 6.92 Å². The number of sulfonamides is 3. The number of rotatable bonds is 15. The van der Waals surface area contributed by atoms with Crippen LogP contribution in [-0.4, -0.2) is 86.2 Å². The van der Waals surface area contributed by atoms with E-state index < -0.39 is 111 Å². The van der Waals surface area contributed by atoms with Crippen LogP contribution in [0.5, 0.6) is 0 Å². The highest BCUT2D eigenvalue weighted by molar-refractivity contribution is 8.10. The topological polar surface area (TPSA) is 224 Å². The molecule has 2 aromatic heterocycles. The lowest BCUT2D eigenvalue weighted by Crippen LogP contribution is -2.40. The number of aromatic nitrogens is 4. The molecule has 0 amide bonds. The van der Waals surface area contributed by atoms with Crippen molar-refractivity contribution in [2.45, 2.75) is 40.0 Å². The van der Waals surface area contributed by atoms with Gasteiger partial charge in [-0.05, 0) is 55.7 Å². The molecule has 2 N–H and O–H groups in total. The van der Waals surface area contributed by atoms with Gasteiger partial charge in [-0.3, -0.25) is 34.2 Å². The molecule has 342 valence electrons. The zero-order valence-electron chi connectivity index (χ0n) is 34.1. The molecule has 0 aliphatic rings. The maximum absolute atomic E-state index is 15.5. The predicted molar refractivity (Wildman–Crippen MR) is 225 cm³/mol. The maximum Gasteiger partial charge on any atom is 0.248 e. The number of nitrogens with zero attached hydrogens (tertiary/aromatic N) is 5. The molecule has 0 fully saturated rings. The molecule has 0 unspecified atom stereocenters. The van der Waals surface area contributed by atoms with E-state index in [0.717, 1.165) is 7.11 Å². The molecule has 6 aromatic rings. The van der Waals surface area contributed by atoms with Crippen molar-refractivity contribution in [2.24, 2.45) is 0 Å². The summed E-state index contributed by atoms with van der Waals surface area (Å²) in [6.45, 7) is 4.47. The number of hydrogen-bond donors (Lipinski definition) is 2. The Morgan fingerprint density at radius 1 is 0.547 bits per heavy atom. The van der Waals surface area contributed by atoms with Crippen LogP contribution in [0.15, 0.2) is 73.3 Å². The Hall–Kier alpha value is -6.11. The Morgan fingerprint density at radius 3 is 1.36 bits per heavy atom. The highest BCUT2D eigenvalue weighted by Crippen LogP contribution is 2.34. The van der Waals surface area contributed by atoms with E-state index >= 15 is 4.39 Å². The highest BCUT2D eigenvalue weighted by atomic mass is 32.3. The van der Waals surface area contributed by atoms with E-state index in [1.807, 2.05) is 4.72 Å². The van der Waals surface area contributed by atoms with Crippen LogP contribution in [0.4, 0.5) is 37.7 Å². The standard InChI is InChI=1S/C21H20F3N3O5S2.C18H14F3N3O3S.CH4O/c1-3-9-33(29,30)27(34(31,32)10-4-2)17-12-14(22)19(23)18(20(17)24)21(28)13-5-6-15-16(11-13)26-8-7-25-15;1-2-7-28(26,27)24-14-9-11(19)16(20)15(17(14)21)18(25)10-3-4-12-13(8-10)23-6-5-22-12;1-2/h5-8,11-12H,3-4,9-10H2,1-2H3;3-6,8-9,24H,2,7H2,1H3;2H,1H3. The average molecular weight is 957 g/mol. The molecule has 6 rings (SSSR count). The lowest BCUT2D eigenvalue weighted by atomic mass is 10.0. The molecular formula is C40H38F6N6O9S3. The van der Waals surface area contributed by atoms with Crippen molar-refractivity contribution in [1.82, 2.24) is 19.9 Å². The van der Waals surface area contributed by atoms with Crippen molar-refractivity contribution in [3.8, 4) is 0 Å². The number of halogens is 6. The number of carbonyl (C=O) groups excluding carboxylic acids is 2. The maximum atomic E-state index is 15.5. The van der Waals surface area contributed by atoms with Gasteiger partial charge in [0.25, 0.3) is 0 Å². The van der Waals surface area contributed by atoms with Gasteiger partial charge in [-0.15, -0.1) is 0 Å². The van der Waals surface area contributed by atoms with Gasteiger partial charge in [0.15, 0.2) is 46.5 Å². The van der Waals surface area contributed by atoms with Gasteiger partial charge in [-0.1, -0.05) is 20.8 Å². The van der Waals surface area contributed by atoms with E-state index in [2.05, 4.69) is 19.9 Å². The highest BCUT2D eigenvalue weighted by Gasteiger charge is 2.38. The molecule has 64 heavy (non-hydrogen) atoms. The minimum Gasteiger partial charge on any atom is -0.400 e. The van der Waals surface area contributed by atoms with Crippen molar-refractivity contribution < 1.29 is 66.3 Å². The number of aliphatic hydroxyl groups is 1. The molecule has 4 aromatic carbocycles. The number of aliphatic hydroxyl groups excluding tert-OH is 1. The molecule has 15 nitrogen and oxygen atoms in total. The molecule has 0 saturated heterocycles. The molecule has 24 heteroatoms. The van der Waals surface area contributed by atoms with Gasteiger partial charge in [0.1, 0.15) is 5.69 Å². The van der Waals surface area contributed by atoms with Gasteiger partial charge >= 0.3 is 0 Å². The van der Waals surface area contributed by atoms with E-state index in [-0.39, 0.29) is 51.4 Å². The number of benzene rings is 4. The number of hydrogen-bond acceptors (Lipinski definition) is 13. The monoisotopic (exact) mass is 956 g/mol. The second-order valence-electron chi connectivity index (χ2n) is 13.2. The first kappa shape index (κ1) is 50.5. The summed E-state index contributed by atoms with van der Waals surface area (Å²) < 4.78 is 164. The number of ketones is 2. The van der Waals surface area contributed by atoms with Gasteiger partial charge in [0.05, 0.1) is 56.1 Å². The average Bonchev–Trinajstić information content (AvgIpc) is 3.25. The predicted octanol–water partition coefficient (Wildman–Crippen LogP) is 6.60. The number of anilines is 2. The minimum absolute atomic E-state index is 0.0321. The fourth-order valence-corrected chi connectivity index (χ4v) is 11.1. The first-order valence-electron chi connectivity index (χ1n) is 18.7. The summed E-state index contributed by atoms with van der Waals surface area (Å²) in [5, 5.41) is 7.00. The van der Waals surface area contributed by atoms with Crippen molar-refractivity contribution in [3.05, 3.63) is 130 Å². The molecule has 0 aliphatic heterocycles. The van der Waals surface area contributed by atoms with Crippen molar-refractivity contribution in [3.63, 3.8) is 0 Å². The summed E-state index contributed by atoms with van der Waals surface area (Å²) >= 11 is 0. The quantitative estimate of drug-likeness (QED) is 0.0630. The van der Waals surface area contributed by atoms with Gasteiger partial charge in [-0.2, -0.15) is 3.71 Å². The van der Waals surface area contributed by atoms with Crippen LogP contribution in [0.2, 0.25) is 0 Å². The normalized spacial score (nSPS) is 11.6. The second kappa shape index (κ2) is 21.0. The van der Waals surface area contributed by atoms with Crippen molar-refractivity contribution >= 4 is 75.1 Å². The largest absolute Gasteiger partial charge is 0.400 e. The summed E-state index contributed by atoms with van der Waals surface area (Å²) in [6, 6.07) is 8.15. The second-order valence-corrected chi connectivity index (χ2v) is 19.2. The molecular weight excluding hydrogens is 919 g/mol. The molecule has 0 spiro atoms. The van der Waals surface area contributed by atoms with Gasteiger partial charge in [0.2, 0.25) is 30.1 Å². The van der Waals surface area contributed by atoms with Crippen LogP contribution in [0.25, 0.3) is 22.1 Å². The molecule has 2 heterocycles. The van der Waals surface area contributed by atoms with Gasteiger partial charge in [0, 0.05) is 55.2 Å². The number of nitrogens with one attached hydrogen (secondary N) is 1. The van der Waals surface area contributed by atoms with Crippen LogP contribution in [0, 0.1) is 34.9 Å². The number of carbonyl (C=O) groups is 2. The van der Waals surface area contributed by atoms with Crippen LogP contribution in [0.3, 0.4) is 0 Å². The van der Waals surface area contributed by atoms with Crippen LogP contribution < -0.4 is 8.43 Å². The zero-order valence-corrected chi connectivity index (χ0v) is 36.6. The minimum atomic E-state index is -4.71. The Balaban J connectivity index is 0.000000275. The number of fused-ring (bicyclic) bond motifs is 2. The molecule has 0 atom stereocenters. The molecule has 0 aliphatic carbocycles. The van der Waals surface area contributed by atoms with Crippen LogP contribution in [-0.2, 0) is 30.1 Å². The van der Waals surface area contributed by atoms with E-state index in [0.29, 0.717) is 22.6 Å². The van der Waals surface area contributed by atoms with Crippen LogP contribution in [0.1, 0.15) is 71.9 Å². The lowest BCUT2D eigenvalue weighted by molar-refractivity contribution is 0.102. The zero-order chi connectivity index (χ0) is 47.7. The third-order valence-electron chi connectivity index (χ3n) is 8.57. The van der Waals surface area contributed by atoms with E-state index in [1.165, 1.54) is 75.0 Å². The van der Waals surface area contributed by atoms with E-state index in [4.69, 9.17) is 5.11 Å². The Kier molecular flexibility index (Phi) is 16.6. The summed E-state index contributed by atoms with van der Waals surface area (Å²) in [7, 11) is -12.4. The van der Waals surface area contributed by atoms with Crippen molar-refractivity contribution in [2.75, 3.05) is 32.8 Å². The third kappa shape index (κ3) is 11.2. The Labute approximate surface area is 363 Å². The molecule has 0 bridgehead atoms. The Bertz CT molecular complexity index is 3040. The summed E-state index contributed by atoms with van der Waals surface area (Å²) in [6.07, 6.45) is 5.69. The summed E-state index contributed by atoms with van der Waals surface area (Å²) in [5.74, 6) is -14.5. The third-order valence-corrected chi connectivity index (χ3v) is 14.7. The first-order valence-corrected chi connectivity index (χ1v) is 23.6. The summed E-state index contributed by atoms with van der Waals surface area (Å²) in [5.41, 5.74) is -3.85. The SMILES string of the molecule is CCCS(=O)(=O)N(c1cc(F)c(F)c(C(=O)c2ccc3nccnc3c2)c1F)S(=O)(=O)CCC.CCCS(=O)(=O)Nc1cc(F)c(F)c(C(=O)c2ccc3nccnc3c2)c1F.CO. The smallest absolute Gasteiger partial charge is 0.248 e. The molecule has 0 radical (unpaired) electrons. The lowest BCUT2D eigenvalue weighted by Gasteiger charge is -2.25.